The van der Waals surface area contributed by atoms with Crippen molar-refractivity contribution in [3.63, 3.8) is 0 Å². The van der Waals surface area contributed by atoms with Crippen LogP contribution < -0.4 is 0 Å². The van der Waals surface area contributed by atoms with Crippen molar-refractivity contribution in [2.45, 2.75) is 11.4 Å². The molecule has 0 N–H and O–H groups in total. The highest BCUT2D eigenvalue weighted by Gasteiger charge is 2.20. The van der Waals surface area contributed by atoms with Gasteiger partial charge in [0, 0.05) is 18.1 Å². The summed E-state index contributed by atoms with van der Waals surface area (Å²) in [6.45, 7) is 0.216. The summed E-state index contributed by atoms with van der Waals surface area (Å²) in [7, 11) is -2.02. The summed E-state index contributed by atoms with van der Waals surface area (Å²) in [5.41, 5.74) is 1.29. The average molecular weight is 365 g/mol. The van der Waals surface area contributed by atoms with E-state index >= 15 is 0 Å². The molecule has 0 heterocycles. The normalized spacial score (nSPS) is 11.3. The highest BCUT2D eigenvalue weighted by molar-refractivity contribution is 9.10. The van der Waals surface area contributed by atoms with Gasteiger partial charge in [-0.2, -0.15) is 9.57 Å². The Morgan fingerprint density at radius 1 is 1.19 bits per heavy atom. The molecule has 4 nitrogen and oxygen atoms in total. The first-order valence-electron chi connectivity index (χ1n) is 6.14. The van der Waals surface area contributed by atoms with Gasteiger partial charge in [-0.15, -0.1) is 0 Å². The maximum Gasteiger partial charge on any atom is 0.243 e. The molecule has 0 fully saturated rings. The first-order valence-corrected chi connectivity index (χ1v) is 8.38. The van der Waals surface area contributed by atoms with E-state index in [2.05, 4.69) is 15.9 Å². The minimum Gasteiger partial charge on any atom is -0.207 e. The van der Waals surface area contributed by atoms with E-state index < -0.39 is 10.0 Å². The van der Waals surface area contributed by atoms with Crippen LogP contribution in [0.1, 0.15) is 11.1 Å². The Labute approximate surface area is 132 Å². The Morgan fingerprint density at radius 2 is 1.86 bits per heavy atom. The highest BCUT2D eigenvalue weighted by Crippen LogP contribution is 2.19. The first kappa shape index (κ1) is 15.7. The fraction of sp³-hybridized carbons (Fsp3) is 0.133. The summed E-state index contributed by atoms with van der Waals surface area (Å²) >= 11 is 3.28. The van der Waals surface area contributed by atoms with Gasteiger partial charge >= 0.3 is 0 Å². The van der Waals surface area contributed by atoms with Crippen molar-refractivity contribution < 1.29 is 8.42 Å². The molecule has 0 saturated heterocycles. The van der Waals surface area contributed by atoms with Gasteiger partial charge < -0.3 is 0 Å². The molecule has 0 bridgehead atoms. The van der Waals surface area contributed by atoms with Gasteiger partial charge in [-0.1, -0.05) is 28.1 Å². The van der Waals surface area contributed by atoms with Gasteiger partial charge in [0.2, 0.25) is 10.0 Å². The lowest BCUT2D eigenvalue weighted by atomic mass is 10.1. The van der Waals surface area contributed by atoms with Crippen molar-refractivity contribution >= 4 is 26.0 Å². The maximum atomic E-state index is 12.4. The van der Waals surface area contributed by atoms with Crippen LogP contribution in [0.2, 0.25) is 0 Å². The number of rotatable bonds is 4. The van der Waals surface area contributed by atoms with E-state index in [0.29, 0.717) is 5.56 Å². The lowest BCUT2D eigenvalue weighted by molar-refractivity contribution is 0.466. The number of benzene rings is 2. The van der Waals surface area contributed by atoms with Crippen molar-refractivity contribution in [2.24, 2.45) is 0 Å². The van der Waals surface area contributed by atoms with Gasteiger partial charge in [0.05, 0.1) is 16.5 Å². The molecule has 0 aliphatic rings. The third kappa shape index (κ3) is 3.70. The average Bonchev–Trinajstić information content (AvgIpc) is 2.48. The quantitative estimate of drug-likeness (QED) is 0.836. The van der Waals surface area contributed by atoms with Gasteiger partial charge in [-0.3, -0.25) is 0 Å². The molecule has 0 saturated carbocycles. The number of sulfonamides is 1. The standard InChI is InChI=1S/C15H13BrN2O2S/c1-18(11-13-4-2-3-12(9-13)10-17)21(19,20)15-7-5-14(16)6-8-15/h2-9H,11H2,1H3. The molecule has 0 unspecified atom stereocenters. The Bertz CT molecular complexity index is 780. The Kier molecular flexibility index (Phi) is 4.78. The molecule has 0 spiro atoms. The third-order valence-corrected chi connectivity index (χ3v) is 5.33. The summed E-state index contributed by atoms with van der Waals surface area (Å²) < 4.78 is 27.0. The van der Waals surface area contributed by atoms with Crippen molar-refractivity contribution in [1.82, 2.24) is 4.31 Å². The Hall–Kier alpha value is -1.68. The van der Waals surface area contributed by atoms with Crippen LogP contribution >= 0.6 is 15.9 Å². The van der Waals surface area contributed by atoms with E-state index in [-0.39, 0.29) is 11.4 Å². The molecule has 0 atom stereocenters. The zero-order valence-corrected chi connectivity index (χ0v) is 13.7. The SMILES string of the molecule is CN(Cc1cccc(C#N)c1)S(=O)(=O)c1ccc(Br)cc1. The van der Waals surface area contributed by atoms with E-state index in [0.717, 1.165) is 10.0 Å². The number of hydrogen-bond donors (Lipinski definition) is 0. The van der Waals surface area contributed by atoms with Gasteiger partial charge in [0.25, 0.3) is 0 Å². The molecule has 2 aromatic rings. The van der Waals surface area contributed by atoms with E-state index in [9.17, 15) is 8.42 Å². The molecule has 0 aliphatic heterocycles. The van der Waals surface area contributed by atoms with Crippen LogP contribution in [0, 0.1) is 11.3 Å². The van der Waals surface area contributed by atoms with Crippen LogP contribution in [0.25, 0.3) is 0 Å². The molecular weight excluding hydrogens is 352 g/mol. The molecule has 2 aromatic carbocycles. The van der Waals surface area contributed by atoms with E-state index in [1.54, 1.807) is 48.5 Å². The molecule has 21 heavy (non-hydrogen) atoms. The number of nitrogens with zero attached hydrogens (tertiary/aromatic N) is 2. The van der Waals surface area contributed by atoms with Crippen LogP contribution in [0.3, 0.4) is 0 Å². The van der Waals surface area contributed by atoms with Crippen molar-refractivity contribution in [2.75, 3.05) is 7.05 Å². The van der Waals surface area contributed by atoms with Crippen LogP contribution in [-0.2, 0) is 16.6 Å². The van der Waals surface area contributed by atoms with Gasteiger partial charge in [-0.25, -0.2) is 8.42 Å². The van der Waals surface area contributed by atoms with Crippen LogP contribution in [0.5, 0.6) is 0 Å². The molecule has 0 aliphatic carbocycles. The third-order valence-electron chi connectivity index (χ3n) is 2.98. The first-order chi connectivity index (χ1) is 9.93. The molecule has 0 aromatic heterocycles. The van der Waals surface area contributed by atoms with Crippen molar-refractivity contribution in [3.05, 3.63) is 64.1 Å². The second-order valence-corrected chi connectivity index (χ2v) is 7.49. The summed E-state index contributed by atoms with van der Waals surface area (Å²) in [5, 5.41) is 8.87. The highest BCUT2D eigenvalue weighted by atomic mass is 79.9. The lowest BCUT2D eigenvalue weighted by Gasteiger charge is -2.17. The zero-order chi connectivity index (χ0) is 15.5. The predicted octanol–water partition coefficient (Wildman–Crippen LogP) is 3.14. The largest absolute Gasteiger partial charge is 0.243 e. The monoisotopic (exact) mass is 364 g/mol. The summed E-state index contributed by atoms with van der Waals surface area (Å²) in [6.07, 6.45) is 0. The molecule has 0 amide bonds. The van der Waals surface area contributed by atoms with Crippen LogP contribution in [0.15, 0.2) is 57.9 Å². The molecule has 108 valence electrons. The van der Waals surface area contributed by atoms with Crippen LogP contribution in [-0.4, -0.2) is 19.8 Å². The molecular formula is C15H13BrN2O2S. The van der Waals surface area contributed by atoms with E-state index in [1.807, 2.05) is 6.07 Å². The number of hydrogen-bond acceptors (Lipinski definition) is 3. The smallest absolute Gasteiger partial charge is 0.207 e. The fourth-order valence-electron chi connectivity index (χ4n) is 1.87. The van der Waals surface area contributed by atoms with E-state index in [4.69, 9.17) is 5.26 Å². The molecule has 2 rings (SSSR count). The van der Waals surface area contributed by atoms with Crippen molar-refractivity contribution in [1.29, 1.82) is 5.26 Å². The predicted molar refractivity (Wildman–Crippen MR) is 84.0 cm³/mol. The topological polar surface area (TPSA) is 61.2 Å². The zero-order valence-electron chi connectivity index (χ0n) is 11.3. The molecule has 0 radical (unpaired) electrons. The van der Waals surface area contributed by atoms with E-state index in [1.165, 1.54) is 11.4 Å². The van der Waals surface area contributed by atoms with Gasteiger partial charge in [-0.05, 0) is 42.0 Å². The van der Waals surface area contributed by atoms with Gasteiger partial charge in [0.1, 0.15) is 0 Å². The van der Waals surface area contributed by atoms with Gasteiger partial charge in [0.15, 0.2) is 0 Å². The fourth-order valence-corrected chi connectivity index (χ4v) is 3.29. The Morgan fingerprint density at radius 3 is 2.48 bits per heavy atom. The summed E-state index contributed by atoms with van der Waals surface area (Å²) in [5.74, 6) is 0. The second-order valence-electron chi connectivity index (χ2n) is 4.53. The summed E-state index contributed by atoms with van der Waals surface area (Å²) in [4.78, 5) is 0.240. The lowest BCUT2D eigenvalue weighted by Crippen LogP contribution is -2.26. The number of nitriles is 1. The molecule has 6 heteroatoms. The van der Waals surface area contributed by atoms with Crippen LogP contribution in [0.4, 0.5) is 0 Å². The second kappa shape index (κ2) is 6.39. The minimum atomic E-state index is -3.54. The van der Waals surface area contributed by atoms with Crippen molar-refractivity contribution in [3.8, 4) is 6.07 Å². The maximum absolute atomic E-state index is 12.4. The number of halogens is 1. The Balaban J connectivity index is 2.24. The minimum absolute atomic E-state index is 0.216. The summed E-state index contributed by atoms with van der Waals surface area (Å²) in [6, 6.07) is 15.5.